The number of aromatic amines is 1. The lowest BCUT2D eigenvalue weighted by Crippen LogP contribution is -2.60. The Morgan fingerprint density at radius 2 is 1.72 bits per heavy atom. The number of ether oxygens (including phenoxy) is 3. The van der Waals surface area contributed by atoms with Crippen LogP contribution < -0.4 is 41.3 Å². The summed E-state index contributed by atoms with van der Waals surface area (Å²) in [6.45, 7) is 6.98. The zero-order valence-corrected chi connectivity index (χ0v) is 50.1. The Bertz CT molecular complexity index is 3940. The molecular formula is C73H80N6O8. The number of phenolic OH excluding ortho intramolecular Hbond substituents is 1. The lowest BCUT2D eigenvalue weighted by atomic mass is 9.67. The predicted molar refractivity (Wildman–Crippen MR) is 345 cm³/mol. The minimum absolute atomic E-state index is 0.00533. The molecule has 8 aromatic rings. The minimum Gasteiger partial charge on any atom is -0.508 e. The first-order chi connectivity index (χ1) is 42.3. The maximum atomic E-state index is 14.9. The molecule has 4 aliphatic heterocycles. The summed E-state index contributed by atoms with van der Waals surface area (Å²) in [6, 6.07) is 43.1. The fraction of sp³-hybridized carbons (Fsp3) is 0.370. The van der Waals surface area contributed by atoms with E-state index in [2.05, 4.69) is 95.8 Å². The van der Waals surface area contributed by atoms with Crippen molar-refractivity contribution >= 4 is 34.5 Å². The molecule has 0 amide bonds. The number of hydrogen-bond acceptors (Lipinski definition) is 11. The predicted octanol–water partition coefficient (Wildman–Crippen LogP) is 12.1. The molecule has 8 atom stereocenters. The third kappa shape index (κ3) is 11.4. The van der Waals surface area contributed by atoms with Gasteiger partial charge in [-0.2, -0.15) is 0 Å². The number of benzene rings is 6. The van der Waals surface area contributed by atoms with Crippen LogP contribution in [0.4, 0.5) is 11.5 Å². The average Bonchev–Trinajstić information content (AvgIpc) is 1.76. The Kier molecular flexibility index (Phi) is 16.2. The molecule has 0 radical (unpaired) electrons. The molecule has 6 aliphatic rings. The van der Waals surface area contributed by atoms with Gasteiger partial charge in [-0.25, -0.2) is 4.99 Å². The highest BCUT2D eigenvalue weighted by Crippen LogP contribution is 2.57. The largest absolute Gasteiger partial charge is 0.508 e. The van der Waals surface area contributed by atoms with Crippen LogP contribution in [0.25, 0.3) is 39.5 Å². The number of H-pyrrole nitrogens is 1. The Hall–Kier alpha value is -8.30. The molecule has 0 unspecified atom stereocenters. The van der Waals surface area contributed by atoms with Gasteiger partial charge in [0.1, 0.15) is 28.3 Å². The lowest BCUT2D eigenvalue weighted by molar-refractivity contribution is 0.157. The normalized spacial score (nSPS) is 22.9. The zero-order chi connectivity index (χ0) is 59.9. The van der Waals surface area contributed by atoms with E-state index >= 15 is 0 Å². The van der Waals surface area contributed by atoms with Crippen LogP contribution in [0.5, 0.6) is 23.0 Å². The molecule has 1 saturated heterocycles. The SMILES string of the molecule is COc1c2c(c3oc(-c4ccc(O)cc4)cc(=O)c3c1OCC[C@@H](O)/C=C/c1ccccc1)CCc1cccc(c1)-c1cc3[nH]c1N1CCNC[C@@H]1[C@]1(CC[C@H](C1)[C@H]1CC[C@@H](C)c4ccc(cc41)C[C@@H]3C)c1ccc(c(N=C(N)N)c1)C[C@@H](CO)CO2. The highest BCUT2D eigenvalue weighted by atomic mass is 16.5. The summed E-state index contributed by atoms with van der Waals surface area (Å²) >= 11 is 0. The van der Waals surface area contributed by atoms with Gasteiger partial charge < -0.3 is 60.6 Å². The van der Waals surface area contributed by atoms with E-state index in [9.17, 15) is 20.1 Å². The van der Waals surface area contributed by atoms with E-state index in [1.54, 1.807) is 35.9 Å². The lowest BCUT2D eigenvalue weighted by Gasteiger charge is -2.49. The Morgan fingerprint density at radius 1 is 0.874 bits per heavy atom. The minimum atomic E-state index is -0.869. The molecule has 6 aromatic carbocycles. The second kappa shape index (κ2) is 24.5. The number of aliphatic imine (C=N–C) groups is 1. The quantitative estimate of drug-likeness (QED) is 0.0503. The molecule has 9 N–H and O–H groups in total. The van der Waals surface area contributed by atoms with Gasteiger partial charge in [0.25, 0.3) is 0 Å². The molecule has 450 valence electrons. The molecule has 14 heteroatoms. The van der Waals surface area contributed by atoms with Gasteiger partial charge in [-0.3, -0.25) is 4.79 Å². The van der Waals surface area contributed by atoms with Gasteiger partial charge in [-0.1, -0.05) is 111 Å². The summed E-state index contributed by atoms with van der Waals surface area (Å²) in [5.74, 6) is 3.16. The average molecular weight is 1170 g/mol. The molecule has 1 spiro atoms. The number of methoxy groups -OCH3 is 1. The number of guanidine groups is 1. The highest BCUT2D eigenvalue weighted by Gasteiger charge is 2.52. The number of hydrogen-bond donors (Lipinski definition) is 7. The number of fused-ring (bicyclic) bond motifs is 11. The summed E-state index contributed by atoms with van der Waals surface area (Å²) in [5, 5.41) is 37.0. The van der Waals surface area contributed by atoms with Crippen LogP contribution in [0.1, 0.15) is 120 Å². The van der Waals surface area contributed by atoms with Crippen LogP contribution in [0.3, 0.4) is 0 Å². The van der Waals surface area contributed by atoms with Gasteiger partial charge in [0.15, 0.2) is 22.9 Å². The van der Waals surface area contributed by atoms with Crippen LogP contribution in [-0.4, -0.2) is 85.0 Å². The van der Waals surface area contributed by atoms with E-state index in [1.165, 1.54) is 48.4 Å². The number of aromatic nitrogens is 1. The molecule has 6 heterocycles. The molecule has 87 heavy (non-hydrogen) atoms. The number of rotatable bonds is 10. The van der Waals surface area contributed by atoms with Crippen molar-refractivity contribution in [2.75, 3.05) is 51.5 Å². The van der Waals surface area contributed by atoms with E-state index < -0.39 is 12.0 Å². The summed E-state index contributed by atoms with van der Waals surface area (Å²) < 4.78 is 27.0. The molecule has 1 saturated carbocycles. The zero-order valence-electron chi connectivity index (χ0n) is 50.1. The van der Waals surface area contributed by atoms with Gasteiger partial charge in [0, 0.05) is 78.4 Å². The number of aliphatic hydroxyl groups is 2. The van der Waals surface area contributed by atoms with Crippen molar-refractivity contribution in [1.29, 1.82) is 0 Å². The van der Waals surface area contributed by atoms with Crippen molar-refractivity contribution in [3.8, 4) is 45.4 Å². The summed E-state index contributed by atoms with van der Waals surface area (Å²) in [5.41, 5.74) is 26.1. The highest BCUT2D eigenvalue weighted by molar-refractivity contribution is 5.93. The van der Waals surface area contributed by atoms with Crippen molar-refractivity contribution in [3.63, 3.8) is 0 Å². The molecular weight excluding hydrogens is 1090 g/mol. The van der Waals surface area contributed by atoms with Crippen LogP contribution in [0.15, 0.2) is 148 Å². The first-order valence-electron chi connectivity index (χ1n) is 31.3. The Balaban J connectivity index is 0.990. The molecule has 2 aromatic heterocycles. The Morgan fingerprint density at radius 3 is 2.54 bits per heavy atom. The molecule has 10 bridgehead atoms. The number of phenols is 1. The maximum absolute atomic E-state index is 14.9. The topological polar surface area (TPSA) is 214 Å². The molecule has 2 fully saturated rings. The monoisotopic (exact) mass is 1170 g/mol. The van der Waals surface area contributed by atoms with Crippen LogP contribution >= 0.6 is 0 Å². The fourth-order valence-corrected chi connectivity index (χ4v) is 15.2. The number of anilines is 1. The number of nitrogens with two attached hydrogens (primary N) is 2. The summed E-state index contributed by atoms with van der Waals surface area (Å²) in [7, 11) is 1.52. The first-order valence-corrected chi connectivity index (χ1v) is 31.3. The van der Waals surface area contributed by atoms with Gasteiger partial charge in [0.2, 0.25) is 5.75 Å². The third-order valence-corrected chi connectivity index (χ3v) is 19.7. The van der Waals surface area contributed by atoms with Crippen LogP contribution in [0, 0.1) is 11.8 Å². The van der Waals surface area contributed by atoms with Gasteiger partial charge >= 0.3 is 0 Å². The van der Waals surface area contributed by atoms with Crippen molar-refractivity contribution in [2.45, 2.75) is 113 Å². The van der Waals surface area contributed by atoms with E-state index in [4.69, 9.17) is 35.1 Å². The van der Waals surface area contributed by atoms with E-state index in [1.807, 2.05) is 36.4 Å². The van der Waals surface area contributed by atoms with Gasteiger partial charge in [-0.15, -0.1) is 0 Å². The molecule has 2 aliphatic carbocycles. The second-order valence-corrected chi connectivity index (χ2v) is 25.2. The number of piperazine rings is 1. The molecule has 14 rings (SSSR count). The van der Waals surface area contributed by atoms with Crippen molar-refractivity contribution < 1.29 is 33.9 Å². The summed E-state index contributed by atoms with van der Waals surface area (Å²) in [4.78, 5) is 26.7. The molecule has 14 nitrogen and oxygen atoms in total. The number of aryl methyl sites for hydroxylation is 2. The summed E-state index contributed by atoms with van der Waals surface area (Å²) in [6.07, 6.45) is 10.5. The first kappa shape index (κ1) is 57.8. The van der Waals surface area contributed by atoms with Gasteiger partial charge in [0.05, 0.1) is 38.2 Å². The smallest absolute Gasteiger partial charge is 0.204 e. The van der Waals surface area contributed by atoms with Crippen molar-refractivity contribution in [2.24, 2.45) is 28.3 Å². The second-order valence-electron chi connectivity index (χ2n) is 25.2. The van der Waals surface area contributed by atoms with Gasteiger partial charge in [-0.05, 0) is 156 Å². The van der Waals surface area contributed by atoms with E-state index in [-0.39, 0.29) is 89.0 Å². The maximum Gasteiger partial charge on any atom is 0.204 e. The number of nitrogens with one attached hydrogen (secondary N) is 2. The van der Waals surface area contributed by atoms with Crippen molar-refractivity contribution in [3.05, 3.63) is 194 Å². The van der Waals surface area contributed by atoms with E-state index in [0.29, 0.717) is 59.6 Å². The standard InChI is InChI=1S/C73H80N6O8/c1-43-12-23-57-52-26-28-73(39-52)53-19-16-51(62(36-53)78-72(74)75)34-48(41-80)42-86-68-58(25-14-46-10-7-11-50(33-46)59-37-61(77-71(59)79-30-29-76-40-65(73)79)44(2)32-47-15-24-56(43)60(57)35-47)67-66(63(83)38-64(87-67)49-17-21-54(81)22-18-49)69(70(68)84-3)85-31-27-55(82)20-13-45-8-5-4-6-9-45/h4-11,13,15-22,24,33,35-38,43-44,48,52,55,57,65,76-77,80-82H,12,14,23,25-32,34,39-42H2,1-3H3,(H4,74,75,78)/b20-13+/t43-,44+,48+,52-,55+,57-,65-,73+/m1/s1. The fourth-order valence-electron chi connectivity index (χ4n) is 15.2. The number of aromatic hydroxyl groups is 1. The van der Waals surface area contributed by atoms with Crippen molar-refractivity contribution in [1.82, 2.24) is 10.3 Å². The number of nitrogens with zero attached hydrogens (tertiary/aromatic N) is 2. The van der Waals surface area contributed by atoms with E-state index in [0.717, 1.165) is 79.0 Å². The third-order valence-electron chi connectivity index (χ3n) is 19.7. The number of aliphatic hydroxyl groups excluding tert-OH is 2. The van der Waals surface area contributed by atoms with Crippen LogP contribution in [-0.2, 0) is 31.1 Å². The van der Waals surface area contributed by atoms with Crippen LogP contribution in [0.2, 0.25) is 0 Å². The Labute approximate surface area is 508 Å².